The Labute approximate surface area is 218 Å². The van der Waals surface area contributed by atoms with Gasteiger partial charge in [-0.3, -0.25) is 9.59 Å². The highest BCUT2D eigenvalue weighted by Crippen LogP contribution is 2.31. The second-order valence-corrected chi connectivity index (χ2v) is 10.7. The number of urea groups is 1. The normalized spacial score (nSPS) is 20.9. The van der Waals surface area contributed by atoms with E-state index in [-0.39, 0.29) is 17.7 Å². The molecule has 5 rings (SSSR count). The van der Waals surface area contributed by atoms with Crippen LogP contribution in [0.5, 0.6) is 0 Å². The van der Waals surface area contributed by atoms with Gasteiger partial charge in [0.05, 0.1) is 24.3 Å². The highest BCUT2D eigenvalue weighted by atomic mass is 16.2. The first-order valence-corrected chi connectivity index (χ1v) is 13.6. The monoisotopic (exact) mass is 506 g/mol. The molecule has 2 aromatic rings. The van der Waals surface area contributed by atoms with E-state index in [0.29, 0.717) is 52.1 Å². The molecule has 1 aromatic heterocycles. The van der Waals surface area contributed by atoms with E-state index in [1.165, 1.54) is 17.5 Å². The van der Waals surface area contributed by atoms with Crippen molar-refractivity contribution >= 4 is 17.8 Å². The number of carbonyl (C=O) groups is 3. The third kappa shape index (κ3) is 5.36. The Morgan fingerprint density at radius 1 is 0.946 bits per heavy atom. The van der Waals surface area contributed by atoms with Gasteiger partial charge in [0.1, 0.15) is 6.04 Å². The standard InChI is InChI=1S/C28H38N6O3/c1-20-8-5-6-11-22(20)17-33-19-30-23-16-24(27(36)31-12-7-13-32(15-14-31)28(29)37)34(18-25(23)33)26(35)21-9-3-2-4-10-21/h5-6,8,11,19,21,24H,2-4,7,9-10,12-18H2,1H3,(H2,29,37). The molecule has 1 saturated heterocycles. The van der Waals surface area contributed by atoms with Gasteiger partial charge in [0, 0.05) is 45.1 Å². The lowest BCUT2D eigenvalue weighted by molar-refractivity contribution is -0.150. The zero-order valence-corrected chi connectivity index (χ0v) is 21.8. The first-order valence-electron chi connectivity index (χ1n) is 13.6. The summed E-state index contributed by atoms with van der Waals surface area (Å²) in [4.78, 5) is 49.4. The van der Waals surface area contributed by atoms with Crippen molar-refractivity contribution in [3.63, 3.8) is 0 Å². The van der Waals surface area contributed by atoms with Crippen molar-refractivity contribution in [3.8, 4) is 0 Å². The van der Waals surface area contributed by atoms with Crippen LogP contribution in [-0.2, 0) is 29.1 Å². The molecule has 3 aliphatic rings. The van der Waals surface area contributed by atoms with E-state index in [0.717, 1.165) is 37.1 Å². The Hall–Kier alpha value is -3.36. The smallest absolute Gasteiger partial charge is 0.314 e. The maximum atomic E-state index is 13.9. The van der Waals surface area contributed by atoms with Gasteiger partial charge in [-0.15, -0.1) is 0 Å². The fourth-order valence-electron chi connectivity index (χ4n) is 6.08. The minimum absolute atomic E-state index is 0.0205. The van der Waals surface area contributed by atoms with Crippen molar-refractivity contribution in [3.05, 3.63) is 53.1 Å². The van der Waals surface area contributed by atoms with Crippen molar-refractivity contribution in [2.24, 2.45) is 11.7 Å². The third-order valence-corrected chi connectivity index (χ3v) is 8.36. The summed E-state index contributed by atoms with van der Waals surface area (Å²) in [7, 11) is 0. The van der Waals surface area contributed by atoms with Crippen LogP contribution in [0.25, 0.3) is 0 Å². The molecule has 2 fully saturated rings. The number of imidazole rings is 1. The number of benzene rings is 1. The largest absolute Gasteiger partial charge is 0.351 e. The molecule has 1 saturated carbocycles. The molecular formula is C28H38N6O3. The first kappa shape index (κ1) is 25.3. The summed E-state index contributed by atoms with van der Waals surface area (Å²) in [6.45, 7) is 5.13. The fraction of sp³-hybridized carbons (Fsp3) is 0.571. The molecule has 3 heterocycles. The molecule has 1 aliphatic carbocycles. The first-order chi connectivity index (χ1) is 17.9. The fourth-order valence-corrected chi connectivity index (χ4v) is 6.08. The van der Waals surface area contributed by atoms with E-state index in [2.05, 4.69) is 23.6 Å². The van der Waals surface area contributed by atoms with E-state index >= 15 is 0 Å². The Balaban J connectivity index is 1.41. The van der Waals surface area contributed by atoms with Gasteiger partial charge in [0.2, 0.25) is 11.8 Å². The van der Waals surface area contributed by atoms with Crippen LogP contribution in [0, 0.1) is 12.8 Å². The van der Waals surface area contributed by atoms with E-state index in [1.54, 1.807) is 4.90 Å². The lowest BCUT2D eigenvalue weighted by Crippen LogP contribution is -2.55. The topological polar surface area (TPSA) is 105 Å². The average molecular weight is 507 g/mol. The maximum absolute atomic E-state index is 13.9. The SMILES string of the molecule is Cc1ccccc1Cn1cnc2c1CN(C(=O)C1CCCCC1)C(C(=O)N1CCCN(C(N)=O)CC1)C2. The van der Waals surface area contributed by atoms with Gasteiger partial charge in [-0.25, -0.2) is 9.78 Å². The summed E-state index contributed by atoms with van der Waals surface area (Å²) in [5.74, 6) is 0.0309. The lowest BCUT2D eigenvalue weighted by atomic mass is 9.87. The Kier molecular flexibility index (Phi) is 7.48. The number of carbonyl (C=O) groups excluding carboxylic acids is 3. The molecule has 9 heteroatoms. The Morgan fingerprint density at radius 3 is 2.43 bits per heavy atom. The Morgan fingerprint density at radius 2 is 1.68 bits per heavy atom. The van der Waals surface area contributed by atoms with Crippen molar-refractivity contribution < 1.29 is 14.4 Å². The molecule has 2 N–H and O–H groups in total. The van der Waals surface area contributed by atoms with Crippen LogP contribution in [0.15, 0.2) is 30.6 Å². The molecule has 1 unspecified atom stereocenters. The number of hydrogen-bond donors (Lipinski definition) is 1. The van der Waals surface area contributed by atoms with Crippen molar-refractivity contribution in [2.45, 2.75) is 71.0 Å². The summed E-state index contributed by atoms with van der Waals surface area (Å²) in [5, 5.41) is 0. The molecule has 4 amide bonds. The van der Waals surface area contributed by atoms with Gasteiger partial charge in [-0.2, -0.15) is 0 Å². The summed E-state index contributed by atoms with van der Waals surface area (Å²) in [5.41, 5.74) is 9.84. The molecule has 2 aliphatic heterocycles. The molecule has 37 heavy (non-hydrogen) atoms. The molecule has 0 bridgehead atoms. The zero-order valence-electron chi connectivity index (χ0n) is 21.8. The van der Waals surface area contributed by atoms with Gasteiger partial charge < -0.3 is 25.0 Å². The van der Waals surface area contributed by atoms with Crippen molar-refractivity contribution in [1.29, 1.82) is 0 Å². The van der Waals surface area contributed by atoms with Crippen LogP contribution in [0.4, 0.5) is 4.79 Å². The van der Waals surface area contributed by atoms with E-state index < -0.39 is 12.1 Å². The van der Waals surface area contributed by atoms with E-state index in [1.807, 2.05) is 28.3 Å². The van der Waals surface area contributed by atoms with E-state index in [9.17, 15) is 14.4 Å². The van der Waals surface area contributed by atoms with Gasteiger partial charge in [-0.1, -0.05) is 43.5 Å². The molecule has 0 radical (unpaired) electrons. The van der Waals surface area contributed by atoms with Gasteiger partial charge in [0.25, 0.3) is 0 Å². The summed E-state index contributed by atoms with van der Waals surface area (Å²) in [6, 6.07) is 7.28. The van der Waals surface area contributed by atoms with Crippen LogP contribution in [0.2, 0.25) is 0 Å². The van der Waals surface area contributed by atoms with E-state index in [4.69, 9.17) is 10.7 Å². The van der Waals surface area contributed by atoms with Crippen LogP contribution in [0.3, 0.4) is 0 Å². The zero-order chi connectivity index (χ0) is 25.9. The number of fused-ring (bicyclic) bond motifs is 1. The number of amides is 4. The predicted octanol–water partition coefficient (Wildman–Crippen LogP) is 2.69. The average Bonchev–Trinajstić information content (AvgIpc) is 3.13. The quantitative estimate of drug-likeness (QED) is 0.688. The number of aromatic nitrogens is 2. The second-order valence-electron chi connectivity index (χ2n) is 10.7. The van der Waals surface area contributed by atoms with Gasteiger partial charge in [0.15, 0.2) is 0 Å². The lowest BCUT2D eigenvalue weighted by Gasteiger charge is -2.39. The Bertz CT molecular complexity index is 1150. The minimum atomic E-state index is -0.566. The predicted molar refractivity (Wildman–Crippen MR) is 139 cm³/mol. The molecular weight excluding hydrogens is 468 g/mol. The number of hydrogen-bond acceptors (Lipinski definition) is 4. The van der Waals surface area contributed by atoms with Gasteiger partial charge in [-0.05, 0) is 37.3 Å². The highest BCUT2D eigenvalue weighted by molar-refractivity contribution is 5.89. The van der Waals surface area contributed by atoms with Crippen molar-refractivity contribution in [1.82, 2.24) is 24.3 Å². The highest BCUT2D eigenvalue weighted by Gasteiger charge is 2.41. The van der Waals surface area contributed by atoms with Crippen LogP contribution in [0.1, 0.15) is 61.0 Å². The second kappa shape index (κ2) is 10.9. The number of rotatable bonds is 4. The van der Waals surface area contributed by atoms with Crippen molar-refractivity contribution in [2.75, 3.05) is 26.2 Å². The van der Waals surface area contributed by atoms with Crippen LogP contribution < -0.4 is 5.73 Å². The number of aryl methyl sites for hydroxylation is 1. The number of nitrogens with zero attached hydrogens (tertiary/aromatic N) is 5. The summed E-state index contributed by atoms with van der Waals surface area (Å²) >= 11 is 0. The van der Waals surface area contributed by atoms with Crippen LogP contribution in [-0.4, -0.2) is 74.3 Å². The molecule has 198 valence electrons. The molecule has 9 nitrogen and oxygen atoms in total. The molecule has 1 aromatic carbocycles. The summed E-state index contributed by atoms with van der Waals surface area (Å²) < 4.78 is 2.14. The van der Waals surface area contributed by atoms with Crippen LogP contribution >= 0.6 is 0 Å². The van der Waals surface area contributed by atoms with Gasteiger partial charge >= 0.3 is 6.03 Å². The molecule has 0 spiro atoms. The minimum Gasteiger partial charge on any atom is -0.351 e. The summed E-state index contributed by atoms with van der Waals surface area (Å²) in [6.07, 6.45) is 8.03. The number of nitrogens with two attached hydrogens (primary N) is 1. The maximum Gasteiger partial charge on any atom is 0.314 e. The molecule has 1 atom stereocenters. The number of primary amides is 1. The third-order valence-electron chi connectivity index (χ3n) is 8.36.